The highest BCUT2D eigenvalue weighted by molar-refractivity contribution is 8.08. The molecule has 22 heavy (non-hydrogen) atoms. The molecule has 0 atom stereocenters. The third kappa shape index (κ3) is 2.97. The van der Waals surface area contributed by atoms with Crippen molar-refractivity contribution in [3.8, 4) is 0 Å². The SMILES string of the molecule is CC(C)(C)OC(=O)C1=c2ccoc2=C(c2ccccc2)SC1. The summed E-state index contributed by atoms with van der Waals surface area (Å²) >= 11 is 1.61. The summed E-state index contributed by atoms with van der Waals surface area (Å²) in [5, 5.41) is 0.840. The lowest BCUT2D eigenvalue weighted by molar-refractivity contribution is -0.147. The summed E-state index contributed by atoms with van der Waals surface area (Å²) in [5.74, 6) is 0.320. The molecule has 1 aliphatic rings. The first-order valence-corrected chi connectivity index (χ1v) is 8.17. The van der Waals surface area contributed by atoms with Crippen molar-refractivity contribution in [3.05, 3.63) is 58.9 Å². The summed E-state index contributed by atoms with van der Waals surface area (Å²) in [6, 6.07) is 11.9. The first-order chi connectivity index (χ1) is 10.5. The summed E-state index contributed by atoms with van der Waals surface area (Å²) in [6.07, 6.45) is 1.63. The van der Waals surface area contributed by atoms with Crippen LogP contribution in [0, 0.1) is 0 Å². The number of hydrogen-bond acceptors (Lipinski definition) is 4. The number of rotatable bonds is 2. The molecule has 114 valence electrons. The van der Waals surface area contributed by atoms with Crippen LogP contribution in [0.15, 0.2) is 47.1 Å². The molecule has 1 aromatic carbocycles. The summed E-state index contributed by atoms with van der Waals surface area (Å²) < 4.78 is 11.2. The van der Waals surface area contributed by atoms with E-state index in [1.807, 2.05) is 57.2 Å². The van der Waals surface area contributed by atoms with Crippen LogP contribution in [0.2, 0.25) is 0 Å². The van der Waals surface area contributed by atoms with Gasteiger partial charge in [0.15, 0.2) is 0 Å². The van der Waals surface area contributed by atoms with Crippen molar-refractivity contribution in [1.82, 2.24) is 0 Å². The van der Waals surface area contributed by atoms with Crippen LogP contribution in [-0.4, -0.2) is 17.3 Å². The van der Waals surface area contributed by atoms with Crippen molar-refractivity contribution >= 4 is 28.2 Å². The molecule has 3 nitrogen and oxygen atoms in total. The highest BCUT2D eigenvalue weighted by atomic mass is 32.2. The van der Waals surface area contributed by atoms with Crippen LogP contribution in [0.3, 0.4) is 0 Å². The van der Waals surface area contributed by atoms with Crippen LogP contribution in [0.25, 0.3) is 10.5 Å². The molecule has 0 fully saturated rings. The number of hydrogen-bond donors (Lipinski definition) is 0. The highest BCUT2D eigenvalue weighted by Gasteiger charge is 2.24. The number of benzene rings is 1. The van der Waals surface area contributed by atoms with E-state index >= 15 is 0 Å². The molecule has 2 aromatic rings. The zero-order valence-electron chi connectivity index (χ0n) is 12.9. The standard InChI is InChI=1S/C18H18O3S/c1-18(2,3)21-17(19)14-11-22-16(12-7-5-4-6-8-12)15-13(14)9-10-20-15/h4-10H,11H2,1-3H3. The Morgan fingerprint density at radius 1 is 1.18 bits per heavy atom. The molecule has 0 saturated heterocycles. The Bertz CT molecular complexity index is 810. The average molecular weight is 314 g/mol. The lowest BCUT2D eigenvalue weighted by Gasteiger charge is -2.21. The Labute approximate surface area is 133 Å². The predicted octanol–water partition coefficient (Wildman–Crippen LogP) is 2.68. The number of carbonyl (C=O) groups excluding carboxylic acids is 1. The van der Waals surface area contributed by atoms with E-state index in [0.29, 0.717) is 11.3 Å². The molecule has 0 saturated carbocycles. The van der Waals surface area contributed by atoms with Crippen LogP contribution in [0.4, 0.5) is 0 Å². The maximum Gasteiger partial charge on any atom is 0.336 e. The minimum atomic E-state index is -0.498. The van der Waals surface area contributed by atoms with Gasteiger partial charge in [0.05, 0.1) is 16.7 Å². The van der Waals surface area contributed by atoms with E-state index in [9.17, 15) is 4.79 Å². The maximum absolute atomic E-state index is 12.4. The van der Waals surface area contributed by atoms with Crippen LogP contribution in [0.1, 0.15) is 26.3 Å². The summed E-state index contributed by atoms with van der Waals surface area (Å²) in [7, 11) is 0. The predicted molar refractivity (Wildman–Crippen MR) is 88.6 cm³/mol. The smallest absolute Gasteiger partial charge is 0.336 e. The molecule has 0 N–H and O–H groups in total. The third-order valence-electron chi connectivity index (χ3n) is 3.24. The summed E-state index contributed by atoms with van der Waals surface area (Å²) in [4.78, 5) is 13.5. The topological polar surface area (TPSA) is 39.4 Å². The fraction of sp³-hybridized carbons (Fsp3) is 0.278. The van der Waals surface area contributed by atoms with Gasteiger partial charge in [0.25, 0.3) is 0 Å². The first kappa shape index (κ1) is 15.0. The molecule has 3 rings (SSSR count). The quantitative estimate of drug-likeness (QED) is 0.799. The molecule has 2 heterocycles. The van der Waals surface area contributed by atoms with E-state index in [2.05, 4.69) is 0 Å². The number of esters is 1. The Morgan fingerprint density at radius 3 is 2.59 bits per heavy atom. The van der Waals surface area contributed by atoms with E-state index in [1.54, 1.807) is 18.0 Å². The molecule has 0 amide bonds. The number of furan rings is 1. The number of carbonyl (C=O) groups is 1. The number of fused-ring (bicyclic) bond motifs is 1. The van der Waals surface area contributed by atoms with Crippen molar-refractivity contribution in [3.63, 3.8) is 0 Å². The maximum atomic E-state index is 12.4. The molecule has 4 heteroatoms. The zero-order chi connectivity index (χ0) is 15.7. The largest absolute Gasteiger partial charge is 0.463 e. The molecule has 0 unspecified atom stereocenters. The van der Waals surface area contributed by atoms with Crippen LogP contribution in [-0.2, 0) is 9.53 Å². The summed E-state index contributed by atoms with van der Waals surface area (Å²) in [6.45, 7) is 5.62. The van der Waals surface area contributed by atoms with Gasteiger partial charge in [0.1, 0.15) is 11.0 Å². The van der Waals surface area contributed by atoms with Gasteiger partial charge in [-0.05, 0) is 32.4 Å². The minimum absolute atomic E-state index is 0.269. The molecule has 0 bridgehead atoms. The Morgan fingerprint density at radius 2 is 1.91 bits per heavy atom. The molecule has 0 radical (unpaired) electrons. The van der Waals surface area contributed by atoms with Crippen molar-refractivity contribution in [2.24, 2.45) is 0 Å². The Balaban J connectivity index is 2.14. The molecular formula is C18H18O3S. The summed E-state index contributed by atoms with van der Waals surface area (Å²) in [5.41, 5.74) is 2.03. The second kappa shape index (κ2) is 5.69. The van der Waals surface area contributed by atoms with Crippen LogP contribution in [0.5, 0.6) is 0 Å². The Kier molecular flexibility index (Phi) is 3.87. The van der Waals surface area contributed by atoms with Gasteiger partial charge in [-0.3, -0.25) is 0 Å². The van der Waals surface area contributed by atoms with Gasteiger partial charge in [0.2, 0.25) is 0 Å². The van der Waals surface area contributed by atoms with E-state index < -0.39 is 5.60 Å². The van der Waals surface area contributed by atoms with Crippen molar-refractivity contribution in [2.75, 3.05) is 5.75 Å². The second-order valence-corrected chi connectivity index (χ2v) is 7.11. The monoisotopic (exact) mass is 314 g/mol. The number of ether oxygens (including phenoxy) is 1. The van der Waals surface area contributed by atoms with Gasteiger partial charge in [-0.1, -0.05) is 30.3 Å². The van der Waals surface area contributed by atoms with E-state index in [-0.39, 0.29) is 5.97 Å². The van der Waals surface area contributed by atoms with Gasteiger partial charge in [-0.15, -0.1) is 11.8 Å². The van der Waals surface area contributed by atoms with Gasteiger partial charge in [-0.2, -0.15) is 0 Å². The van der Waals surface area contributed by atoms with E-state index in [0.717, 1.165) is 21.1 Å². The lowest BCUT2D eigenvalue weighted by Crippen LogP contribution is -2.35. The van der Waals surface area contributed by atoms with Gasteiger partial charge in [-0.25, -0.2) is 4.79 Å². The van der Waals surface area contributed by atoms with Crippen LogP contribution < -0.4 is 10.6 Å². The number of thioether (sulfide) groups is 1. The molecule has 1 aromatic heterocycles. The van der Waals surface area contributed by atoms with Crippen LogP contribution >= 0.6 is 11.8 Å². The minimum Gasteiger partial charge on any atom is -0.463 e. The van der Waals surface area contributed by atoms with Gasteiger partial charge >= 0.3 is 5.97 Å². The van der Waals surface area contributed by atoms with Gasteiger partial charge < -0.3 is 9.15 Å². The molecule has 0 aliphatic carbocycles. The van der Waals surface area contributed by atoms with Gasteiger partial charge in [0, 0.05) is 11.0 Å². The highest BCUT2D eigenvalue weighted by Crippen LogP contribution is 2.29. The average Bonchev–Trinajstić information content (AvgIpc) is 2.94. The van der Waals surface area contributed by atoms with Crippen molar-refractivity contribution < 1.29 is 13.9 Å². The molecular weight excluding hydrogens is 296 g/mol. The first-order valence-electron chi connectivity index (χ1n) is 7.18. The van der Waals surface area contributed by atoms with E-state index in [1.165, 1.54) is 0 Å². The third-order valence-corrected chi connectivity index (χ3v) is 4.38. The van der Waals surface area contributed by atoms with E-state index in [4.69, 9.17) is 9.15 Å². The second-order valence-electron chi connectivity index (χ2n) is 6.13. The normalized spacial score (nSPS) is 14.7. The lowest BCUT2D eigenvalue weighted by atomic mass is 10.1. The van der Waals surface area contributed by atoms with Crippen molar-refractivity contribution in [2.45, 2.75) is 26.4 Å². The Hall–Kier alpha value is -1.94. The zero-order valence-corrected chi connectivity index (χ0v) is 13.7. The fourth-order valence-electron chi connectivity index (χ4n) is 2.32. The molecule has 1 aliphatic heterocycles. The fourth-order valence-corrected chi connectivity index (χ4v) is 3.48. The van der Waals surface area contributed by atoms with Crippen molar-refractivity contribution in [1.29, 1.82) is 0 Å². The molecule has 0 spiro atoms.